The minimum Gasteiger partial charge on any atom is -0.489 e. The summed E-state index contributed by atoms with van der Waals surface area (Å²) < 4.78 is 6.55. The van der Waals surface area contributed by atoms with Crippen LogP contribution in [0.1, 0.15) is 9.67 Å². The molecule has 4 rings (SSSR count). The van der Waals surface area contributed by atoms with Gasteiger partial charge in [0.1, 0.15) is 17.2 Å². The summed E-state index contributed by atoms with van der Waals surface area (Å²) in [6, 6.07) is 7.37. The lowest BCUT2D eigenvalue weighted by molar-refractivity contribution is 0.0980. The fraction of sp³-hybridized carbons (Fsp3) is 0.125. The Bertz CT molecular complexity index is 900. The molecule has 120 valence electrons. The molecular formula is C16H11BrN4O2S. The van der Waals surface area contributed by atoms with Gasteiger partial charge in [0.05, 0.1) is 18.4 Å². The predicted octanol–water partition coefficient (Wildman–Crippen LogP) is 3.40. The number of ether oxygens (including phenoxy) is 1. The van der Waals surface area contributed by atoms with Gasteiger partial charge >= 0.3 is 0 Å². The van der Waals surface area contributed by atoms with Gasteiger partial charge in [-0.2, -0.15) is 0 Å². The fourth-order valence-electron chi connectivity index (χ4n) is 2.42. The van der Waals surface area contributed by atoms with Crippen LogP contribution in [0.5, 0.6) is 5.75 Å². The third kappa shape index (κ3) is 2.78. The third-order valence-electron chi connectivity index (χ3n) is 3.50. The van der Waals surface area contributed by atoms with Crippen molar-refractivity contribution in [3.05, 3.63) is 52.2 Å². The Morgan fingerprint density at radius 1 is 1.25 bits per heavy atom. The lowest BCUT2D eigenvalue weighted by Crippen LogP contribution is -2.37. The molecule has 0 saturated carbocycles. The van der Waals surface area contributed by atoms with Crippen molar-refractivity contribution in [1.82, 2.24) is 15.0 Å². The summed E-state index contributed by atoms with van der Waals surface area (Å²) in [6.07, 6.45) is 4.88. The van der Waals surface area contributed by atoms with Gasteiger partial charge < -0.3 is 9.64 Å². The van der Waals surface area contributed by atoms with E-state index in [1.54, 1.807) is 29.6 Å². The van der Waals surface area contributed by atoms with E-state index in [-0.39, 0.29) is 5.91 Å². The Kier molecular flexibility index (Phi) is 3.99. The highest BCUT2D eigenvalue weighted by Crippen LogP contribution is 2.35. The van der Waals surface area contributed by atoms with Crippen LogP contribution in [0.3, 0.4) is 0 Å². The molecule has 3 aromatic rings. The van der Waals surface area contributed by atoms with Crippen LogP contribution in [0, 0.1) is 0 Å². The number of fused-ring (bicyclic) bond motifs is 1. The summed E-state index contributed by atoms with van der Waals surface area (Å²) in [5.74, 6) is 1.12. The molecule has 0 atom stereocenters. The van der Waals surface area contributed by atoms with E-state index >= 15 is 0 Å². The second-order valence-corrected chi connectivity index (χ2v) is 6.97. The molecule has 0 fully saturated rings. The van der Waals surface area contributed by atoms with Crippen molar-refractivity contribution in [3.8, 4) is 16.6 Å². The second kappa shape index (κ2) is 6.29. The van der Waals surface area contributed by atoms with Crippen molar-refractivity contribution < 1.29 is 9.53 Å². The number of nitrogens with zero attached hydrogens (tertiary/aromatic N) is 4. The fourth-order valence-corrected chi connectivity index (χ4v) is 3.58. The van der Waals surface area contributed by atoms with E-state index < -0.39 is 0 Å². The van der Waals surface area contributed by atoms with E-state index in [0.717, 1.165) is 10.2 Å². The molecule has 0 unspecified atom stereocenters. The summed E-state index contributed by atoms with van der Waals surface area (Å²) in [7, 11) is 0. The van der Waals surface area contributed by atoms with Gasteiger partial charge in [-0.05, 0) is 24.3 Å². The van der Waals surface area contributed by atoms with Gasteiger partial charge in [0.25, 0.3) is 5.91 Å². The highest BCUT2D eigenvalue weighted by atomic mass is 79.9. The van der Waals surface area contributed by atoms with Crippen LogP contribution < -0.4 is 9.64 Å². The van der Waals surface area contributed by atoms with Crippen LogP contribution in [0.4, 0.5) is 5.69 Å². The van der Waals surface area contributed by atoms with Crippen LogP contribution in [0.25, 0.3) is 10.8 Å². The van der Waals surface area contributed by atoms with Crippen molar-refractivity contribution in [2.24, 2.45) is 0 Å². The van der Waals surface area contributed by atoms with Gasteiger partial charge in [0.2, 0.25) is 0 Å². The molecule has 24 heavy (non-hydrogen) atoms. The number of thiazole rings is 1. The first kappa shape index (κ1) is 15.2. The van der Waals surface area contributed by atoms with Crippen LogP contribution >= 0.6 is 27.3 Å². The second-order valence-electron chi connectivity index (χ2n) is 5.02. The summed E-state index contributed by atoms with van der Waals surface area (Å²) in [5, 5.41) is 0.628. The van der Waals surface area contributed by atoms with Crippen LogP contribution in [0.15, 0.2) is 47.3 Å². The smallest absolute Gasteiger partial charge is 0.270 e. The summed E-state index contributed by atoms with van der Waals surface area (Å²) in [4.78, 5) is 27.8. The Morgan fingerprint density at radius 3 is 2.92 bits per heavy atom. The molecule has 8 heteroatoms. The Hall–Kier alpha value is -2.32. The minimum absolute atomic E-state index is 0.0958. The van der Waals surface area contributed by atoms with Gasteiger partial charge in [-0.15, -0.1) is 11.3 Å². The van der Waals surface area contributed by atoms with E-state index in [0.29, 0.717) is 34.6 Å². The molecule has 0 aliphatic carbocycles. The first-order chi connectivity index (χ1) is 11.7. The number of benzene rings is 1. The predicted molar refractivity (Wildman–Crippen MR) is 94.5 cm³/mol. The molecule has 0 N–H and O–H groups in total. The van der Waals surface area contributed by atoms with E-state index in [2.05, 4.69) is 30.9 Å². The normalized spacial score (nSPS) is 13.3. The van der Waals surface area contributed by atoms with Gasteiger partial charge in [0, 0.05) is 16.9 Å². The molecule has 0 saturated heterocycles. The third-order valence-corrected chi connectivity index (χ3v) is 4.98. The lowest BCUT2D eigenvalue weighted by atomic mass is 10.2. The lowest BCUT2D eigenvalue weighted by Gasteiger charge is -2.29. The Balaban J connectivity index is 1.65. The van der Waals surface area contributed by atoms with Gasteiger partial charge in [0.15, 0.2) is 10.8 Å². The molecule has 1 aliphatic rings. The maximum atomic E-state index is 12.9. The molecule has 1 amide bonds. The average Bonchev–Trinajstić information content (AvgIpc) is 3.11. The van der Waals surface area contributed by atoms with Crippen molar-refractivity contribution >= 4 is 38.9 Å². The number of rotatable bonds is 2. The molecule has 6 nitrogen and oxygen atoms in total. The maximum absolute atomic E-state index is 12.9. The molecule has 3 heterocycles. The van der Waals surface area contributed by atoms with Gasteiger partial charge in [-0.25, -0.2) is 15.0 Å². The molecule has 0 spiro atoms. The van der Waals surface area contributed by atoms with Crippen LogP contribution in [-0.2, 0) is 0 Å². The number of hydrogen-bond donors (Lipinski definition) is 0. The molecule has 1 aliphatic heterocycles. The molecule has 1 aromatic carbocycles. The number of amides is 1. The zero-order valence-corrected chi connectivity index (χ0v) is 14.7. The van der Waals surface area contributed by atoms with Crippen LogP contribution in [-0.4, -0.2) is 34.0 Å². The topological polar surface area (TPSA) is 68.2 Å². The molecule has 2 aromatic heterocycles. The van der Waals surface area contributed by atoms with Crippen molar-refractivity contribution in [3.63, 3.8) is 0 Å². The average molecular weight is 403 g/mol. The zero-order valence-electron chi connectivity index (χ0n) is 12.3. The van der Waals surface area contributed by atoms with E-state index in [1.807, 2.05) is 18.2 Å². The number of halogens is 1. The van der Waals surface area contributed by atoms with Crippen molar-refractivity contribution in [2.45, 2.75) is 0 Å². The first-order valence-electron chi connectivity index (χ1n) is 7.20. The monoisotopic (exact) mass is 402 g/mol. The van der Waals surface area contributed by atoms with E-state index in [4.69, 9.17) is 4.74 Å². The van der Waals surface area contributed by atoms with Gasteiger partial charge in [-0.3, -0.25) is 4.79 Å². The standard InChI is InChI=1S/C16H11BrN4O2S/c17-10-2-3-11-12(8-10)23-7-6-21(11)16(22)13-9-20-15(24-13)14-18-4-1-5-19-14/h1-5,8-9H,6-7H2. The number of anilines is 1. The van der Waals surface area contributed by atoms with Gasteiger partial charge in [-0.1, -0.05) is 15.9 Å². The molecule has 0 radical (unpaired) electrons. The Morgan fingerprint density at radius 2 is 2.08 bits per heavy atom. The zero-order chi connectivity index (χ0) is 16.5. The quantitative estimate of drug-likeness (QED) is 0.656. The van der Waals surface area contributed by atoms with E-state index in [9.17, 15) is 4.79 Å². The van der Waals surface area contributed by atoms with Crippen molar-refractivity contribution in [1.29, 1.82) is 0 Å². The number of carbonyl (C=O) groups excluding carboxylic acids is 1. The van der Waals surface area contributed by atoms with E-state index in [1.165, 1.54) is 11.3 Å². The maximum Gasteiger partial charge on any atom is 0.270 e. The summed E-state index contributed by atoms with van der Waals surface area (Å²) in [6.45, 7) is 0.963. The largest absolute Gasteiger partial charge is 0.489 e. The minimum atomic E-state index is -0.0958. The SMILES string of the molecule is O=C(c1cnc(-c2ncccn2)s1)N1CCOc2cc(Br)ccc21. The molecular weight excluding hydrogens is 392 g/mol. The van der Waals surface area contributed by atoms with Crippen molar-refractivity contribution in [2.75, 3.05) is 18.1 Å². The highest BCUT2D eigenvalue weighted by Gasteiger charge is 2.26. The number of aromatic nitrogens is 3. The first-order valence-corrected chi connectivity index (χ1v) is 8.81. The van der Waals surface area contributed by atoms with Crippen LogP contribution in [0.2, 0.25) is 0 Å². The summed E-state index contributed by atoms with van der Waals surface area (Å²) >= 11 is 4.70. The highest BCUT2D eigenvalue weighted by molar-refractivity contribution is 9.10. The summed E-state index contributed by atoms with van der Waals surface area (Å²) in [5.41, 5.74) is 0.764. The molecule has 0 bridgehead atoms. The number of hydrogen-bond acceptors (Lipinski definition) is 6. The number of carbonyl (C=O) groups is 1. The Labute approximate surface area is 150 Å².